The van der Waals surface area contributed by atoms with Crippen LogP contribution in [0.5, 0.6) is 0 Å². The fourth-order valence-electron chi connectivity index (χ4n) is 1.80. The van der Waals surface area contributed by atoms with Gasteiger partial charge >= 0.3 is 0 Å². The Bertz CT molecular complexity index is 180. The molecular weight excluding hydrogens is 119 g/mol. The third-order valence-electron chi connectivity index (χ3n) is 2.94. The van der Waals surface area contributed by atoms with Gasteiger partial charge in [-0.25, -0.2) is 4.39 Å². The average molecular weight is 128 g/mol. The van der Waals surface area contributed by atoms with E-state index in [1.165, 1.54) is 0 Å². The van der Waals surface area contributed by atoms with Crippen LogP contribution in [0, 0.1) is 10.8 Å². The van der Waals surface area contributed by atoms with E-state index in [2.05, 4.69) is 0 Å². The van der Waals surface area contributed by atoms with Gasteiger partial charge in [0.25, 0.3) is 0 Å². The third-order valence-corrected chi connectivity index (χ3v) is 2.94. The molecule has 2 rings (SSSR count). The molecule has 0 heterocycles. The van der Waals surface area contributed by atoms with Crippen molar-refractivity contribution in [3.05, 3.63) is 0 Å². The van der Waals surface area contributed by atoms with Crippen LogP contribution in [0.3, 0.4) is 0 Å². The van der Waals surface area contributed by atoms with Crippen molar-refractivity contribution in [3.8, 4) is 0 Å². The molecule has 0 saturated heterocycles. The van der Waals surface area contributed by atoms with Gasteiger partial charge in [-0.3, -0.25) is 0 Å². The minimum absolute atomic E-state index is 0.172. The van der Waals surface area contributed by atoms with Gasteiger partial charge in [0.1, 0.15) is 12.5 Å². The predicted octanol–water partition coefficient (Wildman–Crippen LogP) is 1.32. The van der Waals surface area contributed by atoms with Crippen molar-refractivity contribution in [3.63, 3.8) is 0 Å². The number of alkyl halides is 1. The first kappa shape index (κ1) is 5.39. The van der Waals surface area contributed by atoms with Crippen LogP contribution in [0.15, 0.2) is 0 Å². The summed E-state index contributed by atoms with van der Waals surface area (Å²) in [7, 11) is 0. The first-order chi connectivity index (χ1) is 4.15. The molecule has 9 heavy (non-hydrogen) atoms. The van der Waals surface area contributed by atoms with E-state index in [4.69, 9.17) is 0 Å². The van der Waals surface area contributed by atoms with Crippen LogP contribution in [-0.2, 0) is 4.79 Å². The Balaban J connectivity index is 2.18. The standard InChI is InChI=1S/C7H9FO/c1-6(4-9)3-7(6)2-5(7)8/h4-5H,2-3H2,1H3/t5?,6?,7-/m1/s1. The maximum Gasteiger partial charge on any atom is 0.126 e. The van der Waals surface area contributed by atoms with Crippen LogP contribution in [0.4, 0.5) is 4.39 Å². The Morgan fingerprint density at radius 1 is 1.78 bits per heavy atom. The summed E-state index contributed by atoms with van der Waals surface area (Å²) in [5.41, 5.74) is -0.457. The molecule has 0 aromatic carbocycles. The molecule has 50 valence electrons. The van der Waals surface area contributed by atoms with Gasteiger partial charge in [-0.1, -0.05) is 6.92 Å². The summed E-state index contributed by atoms with van der Waals surface area (Å²) < 4.78 is 12.5. The number of carbonyl (C=O) groups excluding carboxylic acids is 1. The summed E-state index contributed by atoms with van der Waals surface area (Å²) in [6.45, 7) is 1.85. The molecule has 2 aliphatic carbocycles. The van der Waals surface area contributed by atoms with Crippen molar-refractivity contribution in [1.82, 2.24) is 0 Å². The minimum atomic E-state index is -0.673. The Kier molecular flexibility index (Phi) is 0.640. The van der Waals surface area contributed by atoms with Crippen LogP contribution < -0.4 is 0 Å². The summed E-state index contributed by atoms with van der Waals surface area (Å²) in [5.74, 6) is 0. The van der Waals surface area contributed by atoms with Gasteiger partial charge in [-0.05, 0) is 12.8 Å². The normalized spacial score (nSPS) is 61.8. The lowest BCUT2D eigenvalue weighted by atomic mass is 10.1. The Morgan fingerprint density at radius 3 is 2.44 bits per heavy atom. The number of hydrogen-bond acceptors (Lipinski definition) is 1. The van der Waals surface area contributed by atoms with Crippen LogP contribution in [0.1, 0.15) is 19.8 Å². The summed E-state index contributed by atoms with van der Waals surface area (Å²) >= 11 is 0. The monoisotopic (exact) mass is 128 g/mol. The number of halogens is 1. The molecule has 0 aromatic rings. The SMILES string of the molecule is CC1(C=O)C[C@@]12CC2F. The molecular formula is C7H9FO. The highest BCUT2D eigenvalue weighted by molar-refractivity contribution is 5.68. The number of carbonyl (C=O) groups is 1. The molecule has 0 amide bonds. The molecule has 2 fully saturated rings. The largest absolute Gasteiger partial charge is 0.303 e. The molecule has 0 aromatic heterocycles. The molecule has 3 atom stereocenters. The number of rotatable bonds is 1. The summed E-state index contributed by atoms with van der Waals surface area (Å²) in [4.78, 5) is 10.3. The molecule has 0 bridgehead atoms. The second kappa shape index (κ2) is 1.07. The van der Waals surface area contributed by atoms with E-state index in [1.54, 1.807) is 0 Å². The average Bonchev–Trinajstić information content (AvgIpc) is 2.58. The highest BCUT2D eigenvalue weighted by Gasteiger charge is 2.78. The molecule has 0 aliphatic heterocycles. The van der Waals surface area contributed by atoms with Crippen LogP contribution in [0.2, 0.25) is 0 Å². The lowest BCUT2D eigenvalue weighted by Gasteiger charge is -1.93. The molecule has 2 heteroatoms. The highest BCUT2D eigenvalue weighted by atomic mass is 19.1. The Labute approximate surface area is 53.2 Å². The topological polar surface area (TPSA) is 17.1 Å². The van der Waals surface area contributed by atoms with Crippen molar-refractivity contribution in [2.45, 2.75) is 25.9 Å². The fraction of sp³-hybridized carbons (Fsp3) is 0.857. The van der Waals surface area contributed by atoms with Crippen molar-refractivity contribution in [2.75, 3.05) is 0 Å². The second-order valence-corrected chi connectivity index (χ2v) is 3.54. The van der Waals surface area contributed by atoms with Gasteiger partial charge in [0, 0.05) is 10.8 Å². The van der Waals surface area contributed by atoms with Crippen LogP contribution >= 0.6 is 0 Å². The number of hydrogen-bond donors (Lipinski definition) is 0. The fourth-order valence-corrected chi connectivity index (χ4v) is 1.80. The Morgan fingerprint density at radius 2 is 2.33 bits per heavy atom. The molecule has 2 aliphatic rings. The smallest absolute Gasteiger partial charge is 0.126 e. The van der Waals surface area contributed by atoms with Gasteiger partial charge in [0.05, 0.1) is 0 Å². The first-order valence-corrected chi connectivity index (χ1v) is 3.25. The van der Waals surface area contributed by atoms with E-state index >= 15 is 0 Å². The van der Waals surface area contributed by atoms with Crippen LogP contribution in [0.25, 0.3) is 0 Å². The second-order valence-electron chi connectivity index (χ2n) is 3.54. The van der Waals surface area contributed by atoms with Gasteiger partial charge in [-0.2, -0.15) is 0 Å². The molecule has 1 spiro atoms. The molecule has 0 N–H and O–H groups in total. The summed E-state index contributed by atoms with van der Waals surface area (Å²) in [6.07, 6.45) is 1.65. The van der Waals surface area contributed by atoms with Crippen molar-refractivity contribution < 1.29 is 9.18 Å². The maximum atomic E-state index is 12.5. The maximum absolute atomic E-state index is 12.5. The van der Waals surface area contributed by atoms with Crippen molar-refractivity contribution in [2.24, 2.45) is 10.8 Å². The van der Waals surface area contributed by atoms with Crippen molar-refractivity contribution >= 4 is 6.29 Å². The molecule has 1 nitrogen and oxygen atoms in total. The van der Waals surface area contributed by atoms with E-state index < -0.39 is 6.17 Å². The summed E-state index contributed by atoms with van der Waals surface area (Å²) in [5, 5.41) is 0. The molecule has 2 saturated carbocycles. The Hall–Kier alpha value is -0.400. The van der Waals surface area contributed by atoms with E-state index in [0.29, 0.717) is 6.42 Å². The zero-order chi connectivity index (χ0) is 6.70. The molecule has 2 unspecified atom stereocenters. The van der Waals surface area contributed by atoms with Crippen molar-refractivity contribution in [1.29, 1.82) is 0 Å². The van der Waals surface area contributed by atoms with E-state index in [9.17, 15) is 9.18 Å². The first-order valence-electron chi connectivity index (χ1n) is 3.25. The highest BCUT2D eigenvalue weighted by Crippen LogP contribution is 2.78. The number of aldehydes is 1. The van der Waals surface area contributed by atoms with Gasteiger partial charge < -0.3 is 4.79 Å². The lowest BCUT2D eigenvalue weighted by molar-refractivity contribution is -0.112. The predicted molar refractivity (Wildman–Crippen MR) is 30.7 cm³/mol. The molecule has 0 radical (unpaired) electrons. The zero-order valence-electron chi connectivity index (χ0n) is 5.36. The quantitative estimate of drug-likeness (QED) is 0.487. The third kappa shape index (κ3) is 0.394. The van der Waals surface area contributed by atoms with E-state index in [-0.39, 0.29) is 10.8 Å². The van der Waals surface area contributed by atoms with Crippen LogP contribution in [-0.4, -0.2) is 12.5 Å². The lowest BCUT2D eigenvalue weighted by Crippen LogP contribution is -2.00. The van der Waals surface area contributed by atoms with Gasteiger partial charge in [0.2, 0.25) is 0 Å². The zero-order valence-corrected chi connectivity index (χ0v) is 5.36. The van der Waals surface area contributed by atoms with Gasteiger partial charge in [-0.15, -0.1) is 0 Å². The van der Waals surface area contributed by atoms with E-state index in [0.717, 1.165) is 12.7 Å². The van der Waals surface area contributed by atoms with E-state index in [1.807, 2.05) is 6.92 Å². The minimum Gasteiger partial charge on any atom is -0.303 e. The summed E-state index contributed by atoms with van der Waals surface area (Å²) in [6, 6.07) is 0. The van der Waals surface area contributed by atoms with Gasteiger partial charge in [0.15, 0.2) is 0 Å².